The summed E-state index contributed by atoms with van der Waals surface area (Å²) in [5.41, 5.74) is 3.56. The van der Waals surface area contributed by atoms with E-state index in [1.165, 1.54) is 4.90 Å². The average Bonchev–Trinajstić information content (AvgIpc) is 3.07. The van der Waals surface area contributed by atoms with E-state index in [2.05, 4.69) is 16.0 Å². The molecule has 2 atom stereocenters. The normalized spacial score (nSPS) is 19.0. The van der Waals surface area contributed by atoms with Crippen molar-refractivity contribution in [2.75, 3.05) is 26.2 Å². The van der Waals surface area contributed by atoms with Crippen LogP contribution in [0.2, 0.25) is 0 Å². The summed E-state index contributed by atoms with van der Waals surface area (Å²) < 4.78 is 0. The summed E-state index contributed by atoms with van der Waals surface area (Å²) in [4.78, 5) is 69.5. The molecule has 3 N–H and O–H groups in total. The van der Waals surface area contributed by atoms with E-state index < -0.39 is 5.91 Å². The lowest BCUT2D eigenvalue weighted by atomic mass is 9.80. The minimum atomic E-state index is -0.399. The Morgan fingerprint density at radius 2 is 1.37 bits per heavy atom. The van der Waals surface area contributed by atoms with Gasteiger partial charge in [0, 0.05) is 45.6 Å². The second-order valence-corrected chi connectivity index (χ2v) is 12.1. The lowest BCUT2D eigenvalue weighted by molar-refractivity contribution is -0.142. The van der Waals surface area contributed by atoms with Gasteiger partial charge in [0.1, 0.15) is 13.1 Å². The van der Waals surface area contributed by atoms with Crippen molar-refractivity contribution in [1.29, 1.82) is 0 Å². The van der Waals surface area contributed by atoms with Gasteiger partial charge in [-0.1, -0.05) is 84.9 Å². The first-order chi connectivity index (χ1) is 22.3. The largest absolute Gasteiger partial charge is 0.352 e. The Balaban J connectivity index is 1.33. The molecule has 2 aliphatic rings. The number of fused-ring (bicyclic) bond motifs is 3. The van der Waals surface area contributed by atoms with Crippen molar-refractivity contribution in [3.63, 3.8) is 0 Å². The Bertz CT molecular complexity index is 1530. The molecule has 10 nitrogen and oxygen atoms in total. The standard InChI is InChI=1S/C36H41N5O5/c42-32(37-20-26-9-3-1-4-10-26)17-29-15-16-40-23-31(29)19-36(46)41(24-33(43)38-21-27-11-5-2-6-12-27)25-34(44)39-22-30-14-8-7-13-28(30)18-35(40)45/h1-14,29,31H,15-25H2,(H,37,42)(H,38,43)(H,39,44)/t29-,31-/m0/s1. The minimum absolute atomic E-state index is 0.0102. The molecule has 46 heavy (non-hydrogen) atoms. The van der Waals surface area contributed by atoms with E-state index in [0.29, 0.717) is 32.6 Å². The summed E-state index contributed by atoms with van der Waals surface area (Å²) in [5.74, 6) is -1.78. The Hall–Kier alpha value is -4.99. The fourth-order valence-electron chi connectivity index (χ4n) is 6.13. The molecule has 3 aromatic carbocycles. The Labute approximate surface area is 269 Å². The minimum Gasteiger partial charge on any atom is -0.352 e. The van der Waals surface area contributed by atoms with Gasteiger partial charge in [-0.3, -0.25) is 24.0 Å². The SMILES string of the molecule is O=C(C[C@@H]1CCN2C[C@@H]1CC(=O)N(CC(=O)NCc1ccccc1)CC(=O)NCc1ccccc1CC2=O)NCc1ccccc1. The lowest BCUT2D eigenvalue weighted by Crippen LogP contribution is -2.49. The third kappa shape index (κ3) is 9.26. The zero-order chi connectivity index (χ0) is 32.3. The molecule has 0 aliphatic carbocycles. The summed E-state index contributed by atoms with van der Waals surface area (Å²) in [6.07, 6.45) is 0.981. The van der Waals surface area contributed by atoms with Crippen molar-refractivity contribution in [2.45, 2.75) is 45.3 Å². The second kappa shape index (κ2) is 15.8. The molecule has 1 fully saturated rings. The van der Waals surface area contributed by atoms with Gasteiger partial charge in [-0.2, -0.15) is 0 Å². The maximum Gasteiger partial charge on any atom is 0.239 e. The molecule has 2 heterocycles. The van der Waals surface area contributed by atoms with Gasteiger partial charge in [-0.05, 0) is 40.5 Å². The molecule has 0 spiro atoms. The van der Waals surface area contributed by atoms with E-state index in [4.69, 9.17) is 0 Å². The van der Waals surface area contributed by atoms with Crippen LogP contribution in [0.5, 0.6) is 0 Å². The molecule has 5 amide bonds. The first kappa shape index (κ1) is 32.4. The Morgan fingerprint density at radius 3 is 2.04 bits per heavy atom. The van der Waals surface area contributed by atoms with Crippen LogP contribution in [0.15, 0.2) is 84.9 Å². The number of rotatable bonds is 8. The summed E-state index contributed by atoms with van der Waals surface area (Å²) in [7, 11) is 0. The van der Waals surface area contributed by atoms with Crippen molar-refractivity contribution in [3.8, 4) is 0 Å². The highest BCUT2D eigenvalue weighted by atomic mass is 16.2. The highest BCUT2D eigenvalue weighted by molar-refractivity contribution is 5.89. The summed E-state index contributed by atoms with van der Waals surface area (Å²) in [5, 5.41) is 8.68. The molecule has 10 heteroatoms. The number of nitrogens with one attached hydrogen (secondary N) is 3. The number of carbonyl (C=O) groups excluding carboxylic acids is 5. The molecule has 3 aromatic rings. The zero-order valence-corrected chi connectivity index (χ0v) is 26.0. The maximum absolute atomic E-state index is 13.8. The van der Waals surface area contributed by atoms with E-state index in [-0.39, 0.29) is 74.4 Å². The number of amides is 5. The van der Waals surface area contributed by atoms with Crippen LogP contribution < -0.4 is 16.0 Å². The highest BCUT2D eigenvalue weighted by Gasteiger charge is 2.36. The fraction of sp³-hybridized carbons (Fsp3) is 0.361. The van der Waals surface area contributed by atoms with Crippen LogP contribution in [-0.4, -0.2) is 65.5 Å². The van der Waals surface area contributed by atoms with E-state index >= 15 is 0 Å². The zero-order valence-electron chi connectivity index (χ0n) is 26.0. The molecule has 240 valence electrons. The molecule has 1 saturated heterocycles. The number of nitrogens with zero attached hydrogens (tertiary/aromatic N) is 2. The van der Waals surface area contributed by atoms with Crippen LogP contribution in [0.3, 0.4) is 0 Å². The van der Waals surface area contributed by atoms with E-state index in [1.54, 1.807) is 4.90 Å². The van der Waals surface area contributed by atoms with Gasteiger partial charge in [0.25, 0.3) is 0 Å². The van der Waals surface area contributed by atoms with E-state index in [9.17, 15) is 24.0 Å². The van der Waals surface area contributed by atoms with Gasteiger partial charge in [0.2, 0.25) is 29.5 Å². The van der Waals surface area contributed by atoms with Gasteiger partial charge >= 0.3 is 0 Å². The molecule has 5 rings (SSSR count). The van der Waals surface area contributed by atoms with Crippen LogP contribution >= 0.6 is 0 Å². The predicted octanol–water partition coefficient (Wildman–Crippen LogP) is 2.57. The van der Waals surface area contributed by atoms with Gasteiger partial charge in [-0.15, -0.1) is 0 Å². The molecule has 2 aliphatic heterocycles. The van der Waals surface area contributed by atoms with Crippen molar-refractivity contribution in [3.05, 3.63) is 107 Å². The second-order valence-electron chi connectivity index (χ2n) is 12.1. The number of piperidine rings is 1. The predicted molar refractivity (Wildman–Crippen MR) is 173 cm³/mol. The number of hydrogen-bond acceptors (Lipinski definition) is 5. The van der Waals surface area contributed by atoms with Crippen LogP contribution in [0, 0.1) is 11.8 Å². The summed E-state index contributed by atoms with van der Waals surface area (Å²) >= 11 is 0. The molecule has 0 radical (unpaired) electrons. The number of hydrogen-bond donors (Lipinski definition) is 3. The summed E-state index contributed by atoms with van der Waals surface area (Å²) in [6, 6.07) is 26.6. The van der Waals surface area contributed by atoms with Crippen molar-refractivity contribution < 1.29 is 24.0 Å². The number of benzene rings is 3. The average molecular weight is 624 g/mol. The topological polar surface area (TPSA) is 128 Å². The van der Waals surface area contributed by atoms with Crippen molar-refractivity contribution >= 4 is 29.5 Å². The smallest absolute Gasteiger partial charge is 0.239 e. The summed E-state index contributed by atoms with van der Waals surface area (Å²) in [6.45, 7) is 1.15. The highest BCUT2D eigenvalue weighted by Crippen LogP contribution is 2.30. The van der Waals surface area contributed by atoms with E-state index in [1.807, 2.05) is 84.9 Å². The molecule has 0 saturated carbocycles. The van der Waals surface area contributed by atoms with Gasteiger partial charge < -0.3 is 25.8 Å². The maximum atomic E-state index is 13.8. The van der Waals surface area contributed by atoms with Gasteiger partial charge in [0.05, 0.1) is 6.42 Å². The van der Waals surface area contributed by atoms with Crippen LogP contribution in [0.25, 0.3) is 0 Å². The van der Waals surface area contributed by atoms with Crippen LogP contribution in [0.1, 0.15) is 41.5 Å². The molecule has 0 aromatic heterocycles. The quantitative estimate of drug-likeness (QED) is 0.356. The Morgan fingerprint density at radius 1 is 0.761 bits per heavy atom. The molecular formula is C36H41N5O5. The lowest BCUT2D eigenvalue weighted by Gasteiger charge is -2.39. The monoisotopic (exact) mass is 623 g/mol. The van der Waals surface area contributed by atoms with Crippen LogP contribution in [0.4, 0.5) is 0 Å². The fourth-order valence-corrected chi connectivity index (χ4v) is 6.13. The first-order valence-corrected chi connectivity index (χ1v) is 15.8. The Kier molecular flexibility index (Phi) is 11.2. The van der Waals surface area contributed by atoms with E-state index in [0.717, 1.165) is 22.3 Å². The number of carbonyl (C=O) groups is 5. The van der Waals surface area contributed by atoms with Crippen molar-refractivity contribution in [2.24, 2.45) is 11.8 Å². The van der Waals surface area contributed by atoms with Gasteiger partial charge in [-0.25, -0.2) is 0 Å². The molecule has 0 unspecified atom stereocenters. The third-order valence-corrected chi connectivity index (χ3v) is 8.75. The first-order valence-electron chi connectivity index (χ1n) is 15.8. The molecular weight excluding hydrogens is 582 g/mol. The van der Waals surface area contributed by atoms with Crippen LogP contribution in [-0.2, 0) is 50.0 Å². The molecule has 2 bridgehead atoms. The van der Waals surface area contributed by atoms with Crippen molar-refractivity contribution in [1.82, 2.24) is 25.8 Å². The third-order valence-electron chi connectivity index (χ3n) is 8.75. The van der Waals surface area contributed by atoms with Gasteiger partial charge in [0.15, 0.2) is 0 Å².